The summed E-state index contributed by atoms with van der Waals surface area (Å²) in [4.78, 5) is 11.5. The van der Waals surface area contributed by atoms with Gasteiger partial charge in [-0.1, -0.05) is 80.3 Å². The van der Waals surface area contributed by atoms with E-state index in [1.165, 1.54) is 25.3 Å². The predicted octanol–water partition coefficient (Wildman–Crippen LogP) is 6.57. The van der Waals surface area contributed by atoms with Crippen molar-refractivity contribution < 1.29 is 9.90 Å². The monoisotopic (exact) mass is 350 g/mol. The van der Waals surface area contributed by atoms with Gasteiger partial charge < -0.3 is 5.11 Å². The number of carboxylic acids is 1. The van der Waals surface area contributed by atoms with Gasteiger partial charge in [0, 0.05) is 5.02 Å². The Morgan fingerprint density at radius 2 is 1.57 bits per heavy atom. The highest BCUT2D eigenvalue weighted by Gasteiger charge is 2.23. The number of hydrogen-bond acceptors (Lipinski definition) is 1. The lowest BCUT2D eigenvalue weighted by Crippen LogP contribution is -2.12. The summed E-state index contributed by atoms with van der Waals surface area (Å²) in [5.41, 5.74) is 0.548. The fourth-order valence-corrected chi connectivity index (χ4v) is 3.03. The first kappa shape index (κ1) is 18.6. The molecular formula is C16H21Cl3O2. The molecule has 0 aliphatic rings. The second-order valence-corrected chi connectivity index (χ2v) is 6.46. The smallest absolute Gasteiger partial charge is 0.311 e. The number of benzene rings is 1. The Balaban J connectivity index is 2.66. The molecule has 1 unspecified atom stereocenters. The van der Waals surface area contributed by atoms with Gasteiger partial charge in [-0.05, 0) is 24.1 Å². The van der Waals surface area contributed by atoms with Gasteiger partial charge in [0.2, 0.25) is 0 Å². The van der Waals surface area contributed by atoms with Gasteiger partial charge in [0.25, 0.3) is 0 Å². The van der Waals surface area contributed by atoms with Crippen LogP contribution in [0.5, 0.6) is 0 Å². The highest BCUT2D eigenvalue weighted by Crippen LogP contribution is 2.35. The third-order valence-electron chi connectivity index (χ3n) is 3.56. The van der Waals surface area contributed by atoms with Crippen LogP contribution in [-0.4, -0.2) is 11.1 Å². The fraction of sp³-hybridized carbons (Fsp3) is 0.562. The van der Waals surface area contributed by atoms with Gasteiger partial charge in [0.15, 0.2) is 0 Å². The zero-order valence-electron chi connectivity index (χ0n) is 12.2. The Labute approximate surface area is 141 Å². The van der Waals surface area contributed by atoms with Gasteiger partial charge in [-0.3, -0.25) is 4.79 Å². The normalized spacial score (nSPS) is 12.4. The molecule has 0 aromatic heterocycles. The highest BCUT2D eigenvalue weighted by molar-refractivity contribution is 6.43. The molecular weight excluding hydrogens is 331 g/mol. The lowest BCUT2D eigenvalue weighted by Gasteiger charge is -2.15. The van der Waals surface area contributed by atoms with Crippen LogP contribution in [0.2, 0.25) is 15.1 Å². The second kappa shape index (κ2) is 9.55. The first-order chi connectivity index (χ1) is 9.97. The molecule has 1 atom stereocenters. The van der Waals surface area contributed by atoms with Gasteiger partial charge in [-0.2, -0.15) is 0 Å². The number of unbranched alkanes of at least 4 members (excludes halogenated alkanes) is 5. The molecule has 1 aromatic rings. The third-order valence-corrected chi connectivity index (χ3v) is 4.61. The minimum absolute atomic E-state index is 0.338. The van der Waals surface area contributed by atoms with Crippen LogP contribution in [0.3, 0.4) is 0 Å². The predicted molar refractivity (Wildman–Crippen MR) is 89.8 cm³/mol. The van der Waals surface area contributed by atoms with Crippen LogP contribution in [-0.2, 0) is 4.79 Å². The molecule has 118 valence electrons. The van der Waals surface area contributed by atoms with Crippen LogP contribution in [0.4, 0.5) is 0 Å². The topological polar surface area (TPSA) is 37.3 Å². The number of carboxylic acid groups (broad SMARTS) is 1. The average molecular weight is 352 g/mol. The fourth-order valence-electron chi connectivity index (χ4n) is 2.35. The lowest BCUT2D eigenvalue weighted by molar-refractivity contribution is -0.139. The van der Waals surface area contributed by atoms with E-state index in [2.05, 4.69) is 6.92 Å². The van der Waals surface area contributed by atoms with Gasteiger partial charge >= 0.3 is 5.97 Å². The van der Waals surface area contributed by atoms with Crippen molar-refractivity contribution in [3.63, 3.8) is 0 Å². The SMILES string of the molecule is CCCCCCCCC(C(=O)O)c1cc(Cl)c(Cl)cc1Cl. The van der Waals surface area contributed by atoms with Crippen molar-refractivity contribution in [2.45, 2.75) is 57.8 Å². The molecule has 0 aliphatic heterocycles. The minimum atomic E-state index is -0.871. The average Bonchev–Trinajstić information content (AvgIpc) is 2.42. The second-order valence-electron chi connectivity index (χ2n) is 5.24. The first-order valence-corrected chi connectivity index (χ1v) is 8.48. The van der Waals surface area contributed by atoms with Crippen LogP contribution in [0.15, 0.2) is 12.1 Å². The summed E-state index contributed by atoms with van der Waals surface area (Å²) in [5, 5.41) is 10.5. The van der Waals surface area contributed by atoms with Crippen LogP contribution >= 0.6 is 34.8 Å². The molecule has 0 aliphatic carbocycles. The van der Waals surface area contributed by atoms with E-state index in [0.29, 0.717) is 27.1 Å². The molecule has 1 rings (SSSR count). The maximum atomic E-state index is 11.5. The van der Waals surface area contributed by atoms with Crippen molar-refractivity contribution >= 4 is 40.8 Å². The Morgan fingerprint density at radius 3 is 2.19 bits per heavy atom. The largest absolute Gasteiger partial charge is 0.481 e. The van der Waals surface area contributed by atoms with Gasteiger partial charge in [0.05, 0.1) is 16.0 Å². The summed E-state index contributed by atoms with van der Waals surface area (Å²) in [6.07, 6.45) is 7.29. The third kappa shape index (κ3) is 6.06. The van der Waals surface area contributed by atoms with Crippen molar-refractivity contribution in [2.24, 2.45) is 0 Å². The van der Waals surface area contributed by atoms with Gasteiger partial charge in [-0.15, -0.1) is 0 Å². The minimum Gasteiger partial charge on any atom is -0.481 e. The molecule has 0 saturated heterocycles. The maximum Gasteiger partial charge on any atom is 0.311 e. The van der Waals surface area contributed by atoms with E-state index in [0.717, 1.165) is 19.3 Å². The first-order valence-electron chi connectivity index (χ1n) is 7.34. The Hall–Kier alpha value is -0.440. The zero-order chi connectivity index (χ0) is 15.8. The van der Waals surface area contributed by atoms with E-state index < -0.39 is 11.9 Å². The number of halogens is 3. The lowest BCUT2D eigenvalue weighted by atomic mass is 9.93. The molecule has 0 fully saturated rings. The molecule has 0 radical (unpaired) electrons. The number of hydrogen-bond donors (Lipinski definition) is 1. The van der Waals surface area contributed by atoms with Crippen molar-refractivity contribution in [2.75, 3.05) is 0 Å². The molecule has 0 heterocycles. The molecule has 21 heavy (non-hydrogen) atoms. The zero-order valence-corrected chi connectivity index (χ0v) is 14.4. The summed E-state index contributed by atoms with van der Waals surface area (Å²) in [7, 11) is 0. The molecule has 0 saturated carbocycles. The molecule has 0 bridgehead atoms. The maximum absolute atomic E-state index is 11.5. The molecule has 1 aromatic carbocycles. The van der Waals surface area contributed by atoms with Crippen LogP contribution < -0.4 is 0 Å². The molecule has 2 nitrogen and oxygen atoms in total. The summed E-state index contributed by atoms with van der Waals surface area (Å²) >= 11 is 18.0. The van der Waals surface area contributed by atoms with Crippen molar-refractivity contribution in [3.05, 3.63) is 32.8 Å². The molecule has 5 heteroatoms. The number of aliphatic carboxylic acids is 1. The molecule has 0 spiro atoms. The van der Waals surface area contributed by atoms with E-state index in [1.807, 2.05) is 0 Å². The molecule has 1 N–H and O–H groups in total. The van der Waals surface area contributed by atoms with E-state index >= 15 is 0 Å². The summed E-state index contributed by atoms with van der Waals surface area (Å²) in [6, 6.07) is 3.08. The van der Waals surface area contributed by atoms with E-state index in [9.17, 15) is 9.90 Å². The van der Waals surface area contributed by atoms with Crippen molar-refractivity contribution in [1.29, 1.82) is 0 Å². The highest BCUT2D eigenvalue weighted by atomic mass is 35.5. The van der Waals surface area contributed by atoms with Crippen molar-refractivity contribution in [3.8, 4) is 0 Å². The number of carbonyl (C=O) groups is 1. The summed E-state index contributed by atoms with van der Waals surface area (Å²) < 4.78 is 0. The number of rotatable bonds is 9. The van der Waals surface area contributed by atoms with Crippen molar-refractivity contribution in [1.82, 2.24) is 0 Å². The quantitative estimate of drug-likeness (QED) is 0.404. The van der Waals surface area contributed by atoms with E-state index in [-0.39, 0.29) is 0 Å². The van der Waals surface area contributed by atoms with Gasteiger partial charge in [-0.25, -0.2) is 0 Å². The van der Waals surface area contributed by atoms with E-state index in [4.69, 9.17) is 34.8 Å². The van der Waals surface area contributed by atoms with Gasteiger partial charge in [0.1, 0.15) is 0 Å². The van der Waals surface area contributed by atoms with Crippen LogP contribution in [0.25, 0.3) is 0 Å². The Kier molecular flexibility index (Phi) is 8.46. The Morgan fingerprint density at radius 1 is 1.00 bits per heavy atom. The van der Waals surface area contributed by atoms with E-state index in [1.54, 1.807) is 6.07 Å². The Bertz CT molecular complexity index is 475. The van der Waals surface area contributed by atoms with Crippen LogP contribution in [0, 0.1) is 0 Å². The van der Waals surface area contributed by atoms with Crippen LogP contribution in [0.1, 0.15) is 63.4 Å². The molecule has 0 amide bonds. The summed E-state index contributed by atoms with van der Waals surface area (Å²) in [5.74, 6) is -1.50. The summed E-state index contributed by atoms with van der Waals surface area (Å²) in [6.45, 7) is 2.17. The standard InChI is InChI=1S/C16H21Cl3O2/c1-2-3-4-5-6-7-8-11(16(20)21)12-9-14(18)15(19)10-13(12)17/h9-11H,2-8H2,1H3,(H,20,21).